The second-order valence-corrected chi connectivity index (χ2v) is 10.4. The topological polar surface area (TPSA) is 65.0 Å². The highest BCUT2D eigenvalue weighted by molar-refractivity contribution is 14.0. The lowest BCUT2D eigenvalue weighted by Gasteiger charge is -2.22. The SMILES string of the molecule is CN=C(NCc1ccc(S(=O)(=O)N(C)C(C)C)cc1)N1CC2CCCCC2C1.I. The van der Waals surface area contributed by atoms with Gasteiger partial charge in [-0.3, -0.25) is 4.99 Å². The van der Waals surface area contributed by atoms with Gasteiger partial charge in [0.25, 0.3) is 0 Å². The fourth-order valence-corrected chi connectivity index (χ4v) is 5.68. The highest BCUT2D eigenvalue weighted by Gasteiger charge is 2.35. The van der Waals surface area contributed by atoms with Crippen molar-refractivity contribution < 1.29 is 8.42 Å². The van der Waals surface area contributed by atoms with Gasteiger partial charge in [0.1, 0.15) is 0 Å². The zero-order chi connectivity index (χ0) is 20.3. The summed E-state index contributed by atoms with van der Waals surface area (Å²) in [6.45, 7) is 6.58. The molecule has 0 radical (unpaired) electrons. The van der Waals surface area contributed by atoms with Gasteiger partial charge in [0.2, 0.25) is 10.0 Å². The molecular weight excluding hydrogens is 499 g/mol. The molecule has 1 saturated heterocycles. The van der Waals surface area contributed by atoms with Crippen LogP contribution in [-0.2, 0) is 16.6 Å². The van der Waals surface area contributed by atoms with E-state index in [1.807, 2.05) is 33.0 Å². The minimum Gasteiger partial charge on any atom is -0.352 e. The fraction of sp³-hybridized carbons (Fsp3) is 0.667. The molecule has 0 aromatic heterocycles. The molecule has 6 nitrogen and oxygen atoms in total. The molecule has 164 valence electrons. The molecule has 2 atom stereocenters. The predicted octanol–water partition coefficient (Wildman–Crippen LogP) is 3.53. The summed E-state index contributed by atoms with van der Waals surface area (Å²) in [5.41, 5.74) is 1.05. The van der Waals surface area contributed by atoms with Gasteiger partial charge in [0, 0.05) is 39.8 Å². The normalized spacial score (nSPS) is 22.6. The van der Waals surface area contributed by atoms with Crippen LogP contribution in [0.2, 0.25) is 0 Å². The Kier molecular flexibility index (Phi) is 8.78. The van der Waals surface area contributed by atoms with E-state index in [1.165, 1.54) is 30.0 Å². The number of fused-ring (bicyclic) bond motifs is 1. The molecule has 2 unspecified atom stereocenters. The monoisotopic (exact) mass is 534 g/mol. The van der Waals surface area contributed by atoms with Crippen LogP contribution in [0, 0.1) is 11.8 Å². The molecule has 3 rings (SSSR count). The summed E-state index contributed by atoms with van der Waals surface area (Å²) >= 11 is 0. The van der Waals surface area contributed by atoms with Crippen LogP contribution < -0.4 is 5.32 Å². The second kappa shape index (κ2) is 10.4. The van der Waals surface area contributed by atoms with Crippen molar-refractivity contribution in [2.75, 3.05) is 27.2 Å². The molecule has 8 heteroatoms. The van der Waals surface area contributed by atoms with Gasteiger partial charge in [-0.1, -0.05) is 25.0 Å². The van der Waals surface area contributed by atoms with E-state index in [-0.39, 0.29) is 30.0 Å². The fourth-order valence-electron chi connectivity index (χ4n) is 4.32. The first-order valence-electron chi connectivity index (χ1n) is 10.4. The minimum atomic E-state index is -3.44. The van der Waals surface area contributed by atoms with E-state index in [4.69, 9.17) is 0 Å². The quantitative estimate of drug-likeness (QED) is 0.357. The van der Waals surface area contributed by atoms with Crippen molar-refractivity contribution in [2.24, 2.45) is 16.8 Å². The van der Waals surface area contributed by atoms with Crippen LogP contribution in [0.15, 0.2) is 34.2 Å². The van der Waals surface area contributed by atoms with Crippen molar-refractivity contribution in [3.63, 3.8) is 0 Å². The Balaban J connectivity index is 0.00000300. The second-order valence-electron chi connectivity index (χ2n) is 8.37. The molecule has 1 aromatic carbocycles. The number of guanidine groups is 1. The van der Waals surface area contributed by atoms with E-state index in [9.17, 15) is 8.42 Å². The van der Waals surface area contributed by atoms with Crippen LogP contribution in [0.1, 0.15) is 45.1 Å². The largest absolute Gasteiger partial charge is 0.352 e. The van der Waals surface area contributed by atoms with Gasteiger partial charge in [-0.05, 0) is 56.2 Å². The maximum absolute atomic E-state index is 12.6. The third kappa shape index (κ3) is 5.64. The standard InChI is InChI=1S/C21H34N4O2S.HI/c1-16(2)24(4)28(26,27)20-11-9-17(10-12-20)13-23-21(22-3)25-14-18-7-5-6-8-19(18)15-25;/h9-12,16,18-19H,5-8,13-15H2,1-4H3,(H,22,23);1H. The number of nitrogens with one attached hydrogen (secondary N) is 1. The Morgan fingerprint density at radius 2 is 1.72 bits per heavy atom. The number of hydrogen-bond donors (Lipinski definition) is 1. The summed E-state index contributed by atoms with van der Waals surface area (Å²) in [6.07, 6.45) is 5.42. The maximum atomic E-state index is 12.6. The summed E-state index contributed by atoms with van der Waals surface area (Å²) in [6, 6.07) is 7.08. The summed E-state index contributed by atoms with van der Waals surface area (Å²) < 4.78 is 26.6. The van der Waals surface area contributed by atoms with Crippen molar-refractivity contribution in [1.29, 1.82) is 0 Å². The number of sulfonamides is 1. The number of aliphatic imine (C=N–C) groups is 1. The number of likely N-dealkylation sites (tertiary alicyclic amines) is 1. The van der Waals surface area contributed by atoms with Gasteiger partial charge in [-0.2, -0.15) is 4.31 Å². The molecular formula is C21H35IN4O2S. The first kappa shape index (κ1) is 24.4. The van der Waals surface area contributed by atoms with Crippen molar-refractivity contribution in [3.8, 4) is 0 Å². The zero-order valence-electron chi connectivity index (χ0n) is 18.0. The van der Waals surface area contributed by atoms with Crippen LogP contribution in [-0.4, -0.2) is 56.8 Å². The molecule has 2 fully saturated rings. The van der Waals surface area contributed by atoms with Gasteiger partial charge in [0.05, 0.1) is 4.90 Å². The highest BCUT2D eigenvalue weighted by Crippen LogP contribution is 2.35. The van der Waals surface area contributed by atoms with Crippen LogP contribution in [0.4, 0.5) is 0 Å². The van der Waals surface area contributed by atoms with Gasteiger partial charge < -0.3 is 10.2 Å². The van der Waals surface area contributed by atoms with Crippen molar-refractivity contribution in [2.45, 2.75) is 57.0 Å². The molecule has 0 spiro atoms. The molecule has 2 aliphatic rings. The predicted molar refractivity (Wildman–Crippen MR) is 129 cm³/mol. The van der Waals surface area contributed by atoms with E-state index < -0.39 is 10.0 Å². The van der Waals surface area contributed by atoms with Crippen molar-refractivity contribution >= 4 is 40.0 Å². The average Bonchev–Trinajstić information content (AvgIpc) is 3.12. The van der Waals surface area contributed by atoms with E-state index in [0.29, 0.717) is 11.4 Å². The molecule has 1 N–H and O–H groups in total. The van der Waals surface area contributed by atoms with Gasteiger partial charge in [-0.25, -0.2) is 8.42 Å². The lowest BCUT2D eigenvalue weighted by atomic mass is 9.82. The van der Waals surface area contributed by atoms with Gasteiger partial charge in [-0.15, -0.1) is 24.0 Å². The zero-order valence-corrected chi connectivity index (χ0v) is 21.1. The molecule has 1 aliphatic carbocycles. The van der Waals surface area contributed by atoms with Crippen LogP contribution in [0.25, 0.3) is 0 Å². The Morgan fingerprint density at radius 1 is 1.17 bits per heavy atom. The summed E-state index contributed by atoms with van der Waals surface area (Å²) in [5, 5.41) is 3.45. The van der Waals surface area contributed by atoms with Crippen LogP contribution >= 0.6 is 24.0 Å². The molecule has 0 amide bonds. The molecule has 1 heterocycles. The minimum absolute atomic E-state index is 0. The molecule has 1 aliphatic heterocycles. The lowest BCUT2D eigenvalue weighted by molar-refractivity contribution is 0.299. The molecule has 29 heavy (non-hydrogen) atoms. The van der Waals surface area contributed by atoms with E-state index >= 15 is 0 Å². The summed E-state index contributed by atoms with van der Waals surface area (Å²) in [5.74, 6) is 2.58. The number of hydrogen-bond acceptors (Lipinski definition) is 3. The van der Waals surface area contributed by atoms with Gasteiger partial charge in [0.15, 0.2) is 5.96 Å². The van der Waals surface area contributed by atoms with E-state index in [0.717, 1.165) is 36.4 Å². The van der Waals surface area contributed by atoms with Crippen LogP contribution in [0.5, 0.6) is 0 Å². The smallest absolute Gasteiger partial charge is 0.243 e. The first-order valence-corrected chi connectivity index (χ1v) is 11.8. The Hall–Kier alpha value is -0.870. The maximum Gasteiger partial charge on any atom is 0.243 e. The van der Waals surface area contributed by atoms with Crippen LogP contribution in [0.3, 0.4) is 0 Å². The van der Waals surface area contributed by atoms with Gasteiger partial charge >= 0.3 is 0 Å². The highest BCUT2D eigenvalue weighted by atomic mass is 127. The third-order valence-corrected chi connectivity index (χ3v) is 8.31. The third-order valence-electron chi connectivity index (χ3n) is 6.27. The number of nitrogens with zero attached hydrogens (tertiary/aromatic N) is 3. The summed E-state index contributed by atoms with van der Waals surface area (Å²) in [7, 11) is 0.0179. The van der Waals surface area contributed by atoms with Crippen molar-refractivity contribution in [1.82, 2.24) is 14.5 Å². The number of benzene rings is 1. The molecule has 1 saturated carbocycles. The first-order chi connectivity index (χ1) is 13.3. The Labute approximate surface area is 193 Å². The number of halogens is 1. The van der Waals surface area contributed by atoms with E-state index in [2.05, 4.69) is 15.2 Å². The number of rotatable bonds is 5. The Bertz CT molecular complexity index is 781. The average molecular weight is 535 g/mol. The van der Waals surface area contributed by atoms with Crippen molar-refractivity contribution in [3.05, 3.63) is 29.8 Å². The lowest BCUT2D eigenvalue weighted by Crippen LogP contribution is -2.39. The molecule has 1 aromatic rings. The summed E-state index contributed by atoms with van der Waals surface area (Å²) in [4.78, 5) is 7.19. The van der Waals surface area contributed by atoms with E-state index in [1.54, 1.807) is 19.2 Å². The Morgan fingerprint density at radius 3 is 2.21 bits per heavy atom. The molecule has 0 bridgehead atoms.